The molecular formula is C10H15BrN2OS. The fourth-order valence-electron chi connectivity index (χ4n) is 1.05. The molecule has 0 aliphatic rings. The van der Waals surface area contributed by atoms with Gasteiger partial charge in [-0.3, -0.25) is 0 Å². The lowest BCUT2D eigenvalue weighted by Gasteiger charge is -2.13. The molecule has 0 saturated carbocycles. The van der Waals surface area contributed by atoms with Gasteiger partial charge in [0.05, 0.1) is 11.1 Å². The normalized spacial score (nSPS) is 12.7. The second-order valence-corrected chi connectivity index (χ2v) is 4.89. The standard InChI is InChI=1S/C10H15BrN2OS/c1-2-14-9(5-12)7-15-10-4-3-8(11)6-13-10/h3-4,6,9H,2,5,7,12H2,1H3. The Labute approximate surface area is 103 Å². The zero-order valence-corrected chi connectivity index (χ0v) is 11.1. The second-order valence-electron chi connectivity index (χ2n) is 2.94. The van der Waals surface area contributed by atoms with E-state index in [1.807, 2.05) is 19.1 Å². The molecule has 1 aromatic heterocycles. The molecule has 3 nitrogen and oxygen atoms in total. The summed E-state index contributed by atoms with van der Waals surface area (Å²) in [4.78, 5) is 4.26. The van der Waals surface area contributed by atoms with Crippen molar-refractivity contribution in [2.45, 2.75) is 18.1 Å². The van der Waals surface area contributed by atoms with E-state index in [0.29, 0.717) is 13.2 Å². The fraction of sp³-hybridized carbons (Fsp3) is 0.500. The van der Waals surface area contributed by atoms with Crippen LogP contribution in [0, 0.1) is 0 Å². The van der Waals surface area contributed by atoms with Gasteiger partial charge >= 0.3 is 0 Å². The van der Waals surface area contributed by atoms with Crippen molar-refractivity contribution in [2.75, 3.05) is 18.9 Å². The van der Waals surface area contributed by atoms with E-state index in [1.165, 1.54) is 0 Å². The Morgan fingerprint density at radius 3 is 2.93 bits per heavy atom. The number of nitrogens with two attached hydrogens (primary N) is 1. The number of hydrogen-bond acceptors (Lipinski definition) is 4. The molecule has 0 aliphatic heterocycles. The van der Waals surface area contributed by atoms with E-state index in [-0.39, 0.29) is 6.10 Å². The number of thioether (sulfide) groups is 1. The van der Waals surface area contributed by atoms with Gasteiger partial charge in [-0.15, -0.1) is 11.8 Å². The molecule has 15 heavy (non-hydrogen) atoms. The number of rotatable bonds is 6. The zero-order chi connectivity index (χ0) is 11.1. The van der Waals surface area contributed by atoms with E-state index in [0.717, 1.165) is 15.3 Å². The SMILES string of the molecule is CCOC(CN)CSc1ccc(Br)cn1. The molecule has 0 fully saturated rings. The van der Waals surface area contributed by atoms with Crippen molar-refractivity contribution in [3.63, 3.8) is 0 Å². The van der Waals surface area contributed by atoms with E-state index < -0.39 is 0 Å². The molecule has 0 aromatic carbocycles. The molecule has 1 aromatic rings. The van der Waals surface area contributed by atoms with Crippen molar-refractivity contribution >= 4 is 27.7 Å². The van der Waals surface area contributed by atoms with Gasteiger partial charge in [-0.25, -0.2) is 4.98 Å². The lowest BCUT2D eigenvalue weighted by molar-refractivity contribution is 0.0858. The van der Waals surface area contributed by atoms with Gasteiger partial charge in [-0.1, -0.05) is 0 Å². The molecule has 0 radical (unpaired) electrons. The first-order chi connectivity index (χ1) is 7.26. The van der Waals surface area contributed by atoms with Crippen molar-refractivity contribution in [3.05, 3.63) is 22.8 Å². The van der Waals surface area contributed by atoms with Crippen LogP contribution in [-0.4, -0.2) is 30.0 Å². The summed E-state index contributed by atoms with van der Waals surface area (Å²) in [5.41, 5.74) is 5.58. The van der Waals surface area contributed by atoms with Crippen LogP contribution in [0.5, 0.6) is 0 Å². The van der Waals surface area contributed by atoms with Crippen LogP contribution in [0.4, 0.5) is 0 Å². The van der Waals surface area contributed by atoms with Crippen LogP contribution in [0.3, 0.4) is 0 Å². The van der Waals surface area contributed by atoms with E-state index in [2.05, 4.69) is 20.9 Å². The summed E-state index contributed by atoms with van der Waals surface area (Å²) >= 11 is 5.01. The topological polar surface area (TPSA) is 48.1 Å². The Hall–Kier alpha value is -0.100. The van der Waals surface area contributed by atoms with Crippen molar-refractivity contribution in [1.29, 1.82) is 0 Å². The number of nitrogens with zero attached hydrogens (tertiary/aromatic N) is 1. The Morgan fingerprint density at radius 1 is 1.60 bits per heavy atom. The fourth-order valence-corrected chi connectivity index (χ4v) is 2.16. The maximum atomic E-state index is 5.58. The number of hydrogen-bond donors (Lipinski definition) is 1. The third-order valence-corrected chi connectivity index (χ3v) is 3.33. The van der Waals surface area contributed by atoms with Gasteiger partial charge < -0.3 is 10.5 Å². The van der Waals surface area contributed by atoms with E-state index in [4.69, 9.17) is 10.5 Å². The van der Waals surface area contributed by atoms with E-state index in [9.17, 15) is 0 Å². The lowest BCUT2D eigenvalue weighted by Crippen LogP contribution is -2.26. The predicted molar refractivity (Wildman–Crippen MR) is 67.1 cm³/mol. The molecule has 0 bridgehead atoms. The van der Waals surface area contributed by atoms with Gasteiger partial charge in [0.15, 0.2) is 0 Å². The first-order valence-electron chi connectivity index (χ1n) is 4.82. The Balaban J connectivity index is 2.38. The maximum Gasteiger partial charge on any atom is 0.0961 e. The monoisotopic (exact) mass is 290 g/mol. The minimum atomic E-state index is 0.116. The predicted octanol–water partition coefficient (Wildman–Crippen LogP) is 2.30. The van der Waals surface area contributed by atoms with Crippen LogP contribution >= 0.6 is 27.7 Å². The van der Waals surface area contributed by atoms with Crippen molar-refractivity contribution < 1.29 is 4.74 Å². The molecule has 1 rings (SSSR count). The second kappa shape index (κ2) is 7.22. The summed E-state index contributed by atoms with van der Waals surface area (Å²) in [6.07, 6.45) is 1.91. The van der Waals surface area contributed by atoms with Crippen LogP contribution in [0.2, 0.25) is 0 Å². The van der Waals surface area contributed by atoms with Gasteiger partial charge in [0.1, 0.15) is 0 Å². The Bertz CT molecular complexity index is 281. The highest BCUT2D eigenvalue weighted by atomic mass is 79.9. The van der Waals surface area contributed by atoms with Crippen LogP contribution in [0.1, 0.15) is 6.92 Å². The molecule has 1 unspecified atom stereocenters. The minimum Gasteiger partial charge on any atom is -0.376 e. The molecule has 0 amide bonds. The first-order valence-corrected chi connectivity index (χ1v) is 6.60. The van der Waals surface area contributed by atoms with E-state index in [1.54, 1.807) is 18.0 Å². The Kier molecular flexibility index (Phi) is 6.24. The van der Waals surface area contributed by atoms with Gasteiger partial charge in [0.25, 0.3) is 0 Å². The van der Waals surface area contributed by atoms with Crippen molar-refractivity contribution in [2.24, 2.45) is 5.73 Å². The average molecular weight is 291 g/mol. The summed E-state index contributed by atoms with van der Waals surface area (Å²) in [7, 11) is 0. The summed E-state index contributed by atoms with van der Waals surface area (Å²) in [6.45, 7) is 3.23. The molecule has 0 aliphatic carbocycles. The number of halogens is 1. The summed E-state index contributed by atoms with van der Waals surface area (Å²) in [5, 5.41) is 0.997. The number of pyridine rings is 1. The van der Waals surface area contributed by atoms with E-state index >= 15 is 0 Å². The maximum absolute atomic E-state index is 5.58. The quantitative estimate of drug-likeness (QED) is 0.817. The van der Waals surface area contributed by atoms with Gasteiger partial charge in [-0.05, 0) is 35.0 Å². The first kappa shape index (κ1) is 13.0. The highest BCUT2D eigenvalue weighted by molar-refractivity contribution is 9.10. The molecule has 2 N–H and O–H groups in total. The van der Waals surface area contributed by atoms with Crippen molar-refractivity contribution in [3.8, 4) is 0 Å². The van der Waals surface area contributed by atoms with Crippen LogP contribution in [0.25, 0.3) is 0 Å². The zero-order valence-electron chi connectivity index (χ0n) is 8.65. The third kappa shape index (κ3) is 4.97. The van der Waals surface area contributed by atoms with Gasteiger partial charge in [-0.2, -0.15) is 0 Å². The molecule has 5 heteroatoms. The largest absolute Gasteiger partial charge is 0.376 e. The lowest BCUT2D eigenvalue weighted by atomic mass is 10.4. The number of ether oxygens (including phenoxy) is 1. The average Bonchev–Trinajstić information content (AvgIpc) is 2.26. The summed E-state index contributed by atoms with van der Waals surface area (Å²) in [5.74, 6) is 0.846. The minimum absolute atomic E-state index is 0.116. The molecule has 1 heterocycles. The van der Waals surface area contributed by atoms with Crippen molar-refractivity contribution in [1.82, 2.24) is 4.98 Å². The molecule has 0 spiro atoms. The Morgan fingerprint density at radius 2 is 2.40 bits per heavy atom. The molecule has 0 saturated heterocycles. The number of aromatic nitrogens is 1. The molecule has 1 atom stereocenters. The smallest absolute Gasteiger partial charge is 0.0961 e. The highest BCUT2D eigenvalue weighted by Crippen LogP contribution is 2.18. The van der Waals surface area contributed by atoms with Gasteiger partial charge in [0.2, 0.25) is 0 Å². The summed E-state index contributed by atoms with van der Waals surface area (Å²) in [6, 6.07) is 3.96. The van der Waals surface area contributed by atoms with Crippen LogP contribution < -0.4 is 5.73 Å². The third-order valence-electron chi connectivity index (χ3n) is 1.78. The summed E-state index contributed by atoms with van der Waals surface area (Å²) < 4.78 is 6.45. The highest BCUT2D eigenvalue weighted by Gasteiger charge is 2.06. The molecule has 84 valence electrons. The van der Waals surface area contributed by atoms with Crippen LogP contribution in [-0.2, 0) is 4.74 Å². The van der Waals surface area contributed by atoms with Crippen LogP contribution in [0.15, 0.2) is 27.8 Å². The van der Waals surface area contributed by atoms with Gasteiger partial charge in [0, 0.05) is 29.6 Å². The molecular weight excluding hydrogens is 276 g/mol.